The highest BCUT2D eigenvalue weighted by molar-refractivity contribution is 7.92. The molecule has 2 aliphatic carbocycles. The van der Waals surface area contributed by atoms with Crippen molar-refractivity contribution in [2.45, 2.75) is 159 Å². The van der Waals surface area contributed by atoms with Crippen molar-refractivity contribution in [1.29, 1.82) is 0 Å². The third-order valence-corrected chi connectivity index (χ3v) is 13.3. The van der Waals surface area contributed by atoms with Crippen LogP contribution in [0.25, 0.3) is 0 Å². The van der Waals surface area contributed by atoms with E-state index in [1.54, 1.807) is 34.6 Å². The van der Waals surface area contributed by atoms with Gasteiger partial charge < -0.3 is 35.8 Å². The van der Waals surface area contributed by atoms with E-state index >= 15 is 0 Å². The number of hydrogen-bond acceptors (Lipinski definition) is 10. The Morgan fingerprint density at radius 1 is 1.00 bits per heavy atom. The maximum absolute atomic E-state index is 14.2. The molecule has 2 heterocycles. The first kappa shape index (κ1) is 41.2. The van der Waals surface area contributed by atoms with Crippen LogP contribution in [-0.4, -0.2) is 114 Å². The molecule has 0 bridgehead atoms. The van der Waals surface area contributed by atoms with Crippen molar-refractivity contribution in [3.05, 3.63) is 12.7 Å². The van der Waals surface area contributed by atoms with Crippen LogP contribution in [0.3, 0.4) is 0 Å². The summed E-state index contributed by atoms with van der Waals surface area (Å²) in [4.78, 5) is 55.5. The molecule has 14 nitrogen and oxygen atoms in total. The Labute approximate surface area is 303 Å². The smallest absolute Gasteiger partial charge is 0.315 e. The highest BCUT2D eigenvalue weighted by atomic mass is 32.2. The number of carbonyl (C=O) groups excluding carboxylic acids is 4. The fourth-order valence-corrected chi connectivity index (χ4v) is 8.92. The number of urea groups is 1. The number of ketones is 1. The Bertz CT molecular complexity index is 1430. The number of nitrogens with zero attached hydrogens (tertiary/aromatic N) is 1. The fourth-order valence-electron chi connectivity index (χ4n) is 7.40. The zero-order valence-corrected chi connectivity index (χ0v) is 32.5. The van der Waals surface area contributed by atoms with Crippen molar-refractivity contribution in [2.24, 2.45) is 11.3 Å². The molecule has 0 aromatic heterocycles. The van der Waals surface area contributed by atoms with Crippen molar-refractivity contribution in [3.8, 4) is 0 Å². The number of rotatable bonds is 14. The van der Waals surface area contributed by atoms with E-state index in [9.17, 15) is 32.7 Å². The quantitative estimate of drug-likeness (QED) is 0.131. The monoisotopic (exact) mass is 739 g/mol. The number of Topliss-reactive ketones (excluding diaryl/α,β-unsaturated/α-hetero) is 1. The molecule has 5 N–H and O–H groups in total. The number of carbonyl (C=O) groups is 4. The highest BCUT2D eigenvalue weighted by Gasteiger charge is 2.58. The summed E-state index contributed by atoms with van der Waals surface area (Å²) >= 11 is 0. The molecule has 2 saturated heterocycles. The molecule has 0 aromatic carbocycles. The third-order valence-electron chi connectivity index (χ3n) is 10.5. The van der Waals surface area contributed by atoms with Gasteiger partial charge in [-0.2, -0.15) is 0 Å². The third kappa shape index (κ3) is 10.1. The molecule has 6 atom stereocenters. The molecule has 0 spiro atoms. The number of likely N-dealkylation sites (tertiary alicyclic amines) is 1. The second kappa shape index (κ2) is 15.4. The van der Waals surface area contributed by atoms with Gasteiger partial charge in [0.2, 0.25) is 11.7 Å². The summed E-state index contributed by atoms with van der Waals surface area (Å²) in [5.74, 6) is -3.20. The van der Waals surface area contributed by atoms with Crippen LogP contribution in [0.4, 0.5) is 4.79 Å². The summed E-state index contributed by atoms with van der Waals surface area (Å²) in [6.07, 6.45) is 4.19. The van der Waals surface area contributed by atoms with Gasteiger partial charge in [-0.15, -0.1) is 6.58 Å². The van der Waals surface area contributed by atoms with Gasteiger partial charge in [-0.05, 0) is 65.2 Å². The maximum atomic E-state index is 14.2. The summed E-state index contributed by atoms with van der Waals surface area (Å²) in [5.41, 5.74) is -1.72. The lowest BCUT2D eigenvalue weighted by molar-refractivity contribution is -0.177. The van der Waals surface area contributed by atoms with Crippen LogP contribution in [0.2, 0.25) is 0 Å². The van der Waals surface area contributed by atoms with E-state index in [1.165, 1.54) is 11.0 Å². The maximum Gasteiger partial charge on any atom is 0.315 e. The molecule has 51 heavy (non-hydrogen) atoms. The normalized spacial score (nSPS) is 26.6. The van der Waals surface area contributed by atoms with E-state index in [-0.39, 0.29) is 24.8 Å². The molecule has 0 radical (unpaired) electrons. The molecule has 1 unspecified atom stereocenters. The molecule has 4 amide bonds. The highest BCUT2D eigenvalue weighted by Crippen LogP contribution is 2.40. The second-order valence-corrected chi connectivity index (χ2v) is 20.2. The largest absolute Gasteiger partial charge is 0.376 e. The van der Waals surface area contributed by atoms with Crippen LogP contribution in [0.15, 0.2) is 12.7 Å². The number of aliphatic hydroxyl groups is 1. The van der Waals surface area contributed by atoms with Gasteiger partial charge >= 0.3 is 6.03 Å². The number of ether oxygens (including phenoxy) is 2. The zero-order valence-electron chi connectivity index (χ0n) is 31.7. The predicted molar refractivity (Wildman–Crippen MR) is 192 cm³/mol. The van der Waals surface area contributed by atoms with Gasteiger partial charge in [0, 0.05) is 13.1 Å². The van der Waals surface area contributed by atoms with Crippen LogP contribution in [0.5, 0.6) is 0 Å². The van der Waals surface area contributed by atoms with Crippen LogP contribution in [0, 0.1) is 11.3 Å². The van der Waals surface area contributed by atoms with Crippen molar-refractivity contribution >= 4 is 33.5 Å². The first-order chi connectivity index (χ1) is 23.5. The van der Waals surface area contributed by atoms with Crippen molar-refractivity contribution in [2.75, 3.05) is 18.8 Å². The number of nitrogens with one attached hydrogen (secondary N) is 4. The number of hydrogen-bond donors (Lipinski definition) is 5. The Hall–Kier alpha value is -2.59. The first-order valence-electron chi connectivity index (χ1n) is 18.3. The van der Waals surface area contributed by atoms with Gasteiger partial charge in [0.25, 0.3) is 5.91 Å². The lowest BCUT2D eigenvalue weighted by Crippen LogP contribution is -2.65. The summed E-state index contributed by atoms with van der Waals surface area (Å²) in [5, 5.41) is 23.3. The molecule has 0 aromatic rings. The van der Waals surface area contributed by atoms with Crippen LogP contribution in [-0.2, 0) is 33.7 Å². The van der Waals surface area contributed by atoms with E-state index in [0.29, 0.717) is 19.3 Å². The Morgan fingerprint density at radius 2 is 1.63 bits per heavy atom. The summed E-state index contributed by atoms with van der Waals surface area (Å²) < 4.78 is 38.0. The summed E-state index contributed by atoms with van der Waals surface area (Å²) in [6.45, 7) is 17.7. The van der Waals surface area contributed by atoms with Crippen LogP contribution < -0.4 is 21.3 Å². The molecular weight excluding hydrogens is 678 g/mol. The minimum Gasteiger partial charge on any atom is -0.376 e. The van der Waals surface area contributed by atoms with Crippen LogP contribution >= 0.6 is 0 Å². The zero-order chi connectivity index (χ0) is 38.2. The molecule has 2 saturated carbocycles. The Morgan fingerprint density at radius 3 is 2.18 bits per heavy atom. The Balaban J connectivity index is 1.59. The standard InChI is InChI=1S/C36H61N5O9S/c1-10-18-37-30(44)26(42)23(19-22-14-15-22)38-29(43)25-27-24(49-35(8,9)50-27)20-41(25)31(45)28(33(2,3)4)39-32(46)40-36(16-12-11-13-17-36)21-51(47,48)34(5,6)7/h10,22-25,27-28,31,45H,1,11-21H2,2-9H3,(H,37,44)(H,38,43)(H2,39,40,46)/t23-,24-,25-,27-,28+,31?/m0/s1. The fraction of sp³-hybridized carbons (Fsp3) is 0.833. The van der Waals surface area contributed by atoms with Gasteiger partial charge in [0.1, 0.15) is 24.5 Å². The molecule has 290 valence electrons. The molecule has 4 fully saturated rings. The second-order valence-electron chi connectivity index (χ2n) is 17.5. The lowest BCUT2D eigenvalue weighted by Gasteiger charge is -2.43. The number of amides is 4. The van der Waals surface area contributed by atoms with Gasteiger partial charge in [-0.3, -0.25) is 19.3 Å². The minimum atomic E-state index is -3.58. The number of fused-ring (bicyclic) bond motifs is 1. The van der Waals surface area contributed by atoms with Gasteiger partial charge in [0.05, 0.1) is 28.1 Å². The SMILES string of the molecule is C=CCNC(=O)C(=O)[C@H](CC1CC1)NC(=O)[C@@H]1[C@H]2OC(C)(C)O[C@H]2CN1C(O)[C@@H](NC(=O)NC1(CS(=O)(=O)C(C)(C)C)CCCCC1)C(C)(C)C. The average Bonchev–Trinajstić information content (AvgIpc) is 3.68. The molecule has 15 heteroatoms. The van der Waals surface area contributed by atoms with E-state index in [1.807, 2.05) is 20.8 Å². The molecule has 2 aliphatic heterocycles. The molecule has 4 aliphatic rings. The van der Waals surface area contributed by atoms with Crippen molar-refractivity contribution < 1.29 is 42.2 Å². The molecule has 4 rings (SSSR count). The summed E-state index contributed by atoms with van der Waals surface area (Å²) in [7, 11) is -3.58. The minimum absolute atomic E-state index is 0.0814. The topological polar surface area (TPSA) is 192 Å². The predicted octanol–water partition coefficient (Wildman–Crippen LogP) is 2.30. The van der Waals surface area contributed by atoms with Crippen molar-refractivity contribution in [3.63, 3.8) is 0 Å². The van der Waals surface area contributed by atoms with Gasteiger partial charge in [0.15, 0.2) is 15.6 Å². The van der Waals surface area contributed by atoms with E-state index in [4.69, 9.17) is 9.47 Å². The summed E-state index contributed by atoms with van der Waals surface area (Å²) in [6, 6.07) is -3.78. The number of aliphatic hydroxyl groups excluding tert-OH is 1. The van der Waals surface area contributed by atoms with Gasteiger partial charge in [-0.1, -0.05) is 59.0 Å². The van der Waals surface area contributed by atoms with Crippen LogP contribution in [0.1, 0.15) is 107 Å². The lowest BCUT2D eigenvalue weighted by atomic mass is 9.83. The van der Waals surface area contributed by atoms with E-state index < -0.39 is 91.5 Å². The Kier molecular flexibility index (Phi) is 12.4. The van der Waals surface area contributed by atoms with Crippen molar-refractivity contribution in [1.82, 2.24) is 26.2 Å². The van der Waals surface area contributed by atoms with E-state index in [2.05, 4.69) is 27.8 Å². The van der Waals surface area contributed by atoms with E-state index in [0.717, 1.165) is 32.1 Å². The number of sulfone groups is 1. The first-order valence-corrected chi connectivity index (χ1v) is 20.0. The molecular formula is C36H61N5O9S. The average molecular weight is 740 g/mol. The van der Waals surface area contributed by atoms with Gasteiger partial charge in [-0.25, -0.2) is 13.2 Å².